The minimum absolute atomic E-state index is 0.0799. The number of fused-ring (bicyclic) bond motifs is 7. The summed E-state index contributed by atoms with van der Waals surface area (Å²) in [7, 11) is 0. The van der Waals surface area contributed by atoms with Crippen molar-refractivity contribution in [2.45, 2.75) is 58.8 Å². The molecule has 0 aliphatic heterocycles. The van der Waals surface area contributed by atoms with Gasteiger partial charge in [-0.15, -0.1) is 0 Å². The maximum absolute atomic E-state index is 6.81. The van der Waals surface area contributed by atoms with Crippen LogP contribution in [0.3, 0.4) is 0 Å². The molecule has 0 atom stereocenters. The third kappa shape index (κ3) is 4.88. The van der Waals surface area contributed by atoms with E-state index < -0.39 is 0 Å². The fourth-order valence-electron chi connectivity index (χ4n) is 9.55. The van der Waals surface area contributed by atoms with Gasteiger partial charge < -0.3 is 13.7 Å². The van der Waals surface area contributed by atoms with Crippen molar-refractivity contribution in [1.29, 1.82) is 0 Å². The van der Waals surface area contributed by atoms with Crippen LogP contribution < -0.4 is 4.90 Å². The van der Waals surface area contributed by atoms with Crippen molar-refractivity contribution < 1.29 is 8.83 Å². The zero-order chi connectivity index (χ0) is 36.9. The molecule has 2 heterocycles. The minimum Gasteiger partial charge on any atom is -0.456 e. The number of hydrogen-bond donors (Lipinski definition) is 0. The van der Waals surface area contributed by atoms with E-state index in [2.05, 4.69) is 180 Å². The molecule has 10 rings (SSSR count). The molecule has 0 saturated heterocycles. The van der Waals surface area contributed by atoms with Crippen molar-refractivity contribution in [3.63, 3.8) is 0 Å². The van der Waals surface area contributed by atoms with Gasteiger partial charge in [0, 0.05) is 27.2 Å². The van der Waals surface area contributed by atoms with Crippen LogP contribution in [-0.2, 0) is 10.8 Å². The second-order valence-corrected chi connectivity index (χ2v) is 16.5. The van der Waals surface area contributed by atoms with Gasteiger partial charge in [0.1, 0.15) is 16.7 Å². The zero-order valence-electron chi connectivity index (χ0n) is 31.7. The summed E-state index contributed by atoms with van der Waals surface area (Å²) in [6.07, 6.45) is 1.11. The van der Waals surface area contributed by atoms with Gasteiger partial charge in [-0.05, 0) is 118 Å². The number of anilines is 3. The Hall–Kier alpha value is -6.06. The van der Waals surface area contributed by atoms with E-state index in [1.54, 1.807) is 0 Å². The van der Waals surface area contributed by atoms with E-state index in [0.717, 1.165) is 73.1 Å². The first-order valence-electron chi connectivity index (χ1n) is 19.1. The van der Waals surface area contributed by atoms with Crippen molar-refractivity contribution in [3.8, 4) is 22.3 Å². The lowest BCUT2D eigenvalue weighted by molar-refractivity contribution is 0.403. The van der Waals surface area contributed by atoms with E-state index in [0.29, 0.717) is 0 Å². The topological polar surface area (TPSA) is 29.5 Å². The number of rotatable bonds is 5. The molecule has 3 nitrogen and oxygen atoms in total. The summed E-state index contributed by atoms with van der Waals surface area (Å²) in [5, 5.41) is 4.52. The summed E-state index contributed by atoms with van der Waals surface area (Å²) in [6.45, 7) is 13.9. The molecule has 0 saturated carbocycles. The molecule has 0 N–H and O–H groups in total. The average Bonchev–Trinajstić information content (AvgIpc) is 3.80. The van der Waals surface area contributed by atoms with E-state index in [9.17, 15) is 0 Å². The normalized spacial score (nSPS) is 14.7. The van der Waals surface area contributed by atoms with Gasteiger partial charge in [-0.25, -0.2) is 0 Å². The quantitative estimate of drug-likeness (QED) is 0.179. The van der Waals surface area contributed by atoms with Gasteiger partial charge in [0.15, 0.2) is 5.58 Å². The molecule has 9 aromatic rings. The summed E-state index contributed by atoms with van der Waals surface area (Å²) in [6, 6.07) is 50.3. The Kier molecular flexibility index (Phi) is 7.07. The Bertz CT molecular complexity index is 2930. The Balaban J connectivity index is 1.28. The van der Waals surface area contributed by atoms with Gasteiger partial charge in [0.2, 0.25) is 0 Å². The lowest BCUT2D eigenvalue weighted by Crippen LogP contribution is -2.17. The van der Waals surface area contributed by atoms with Gasteiger partial charge in [-0.1, -0.05) is 125 Å². The number of benzene rings is 7. The predicted molar refractivity (Wildman–Crippen MR) is 227 cm³/mol. The molecule has 54 heavy (non-hydrogen) atoms. The fraction of sp³-hybridized carbons (Fsp3) is 0.176. The molecule has 2 aromatic heterocycles. The van der Waals surface area contributed by atoms with Crippen LogP contribution in [0, 0.1) is 13.8 Å². The molecule has 7 aromatic carbocycles. The first-order chi connectivity index (χ1) is 26.1. The average molecular weight is 702 g/mol. The van der Waals surface area contributed by atoms with Gasteiger partial charge in [0.05, 0.1) is 11.4 Å². The smallest absolute Gasteiger partial charge is 0.159 e. The summed E-state index contributed by atoms with van der Waals surface area (Å²) in [5.74, 6) is 0. The van der Waals surface area contributed by atoms with Crippen molar-refractivity contribution in [2.75, 3.05) is 4.90 Å². The molecular formula is C51H43NO2. The lowest BCUT2D eigenvalue weighted by atomic mass is 9.82. The fourth-order valence-corrected chi connectivity index (χ4v) is 9.55. The van der Waals surface area contributed by atoms with Crippen molar-refractivity contribution >= 4 is 60.9 Å². The highest BCUT2D eigenvalue weighted by Crippen LogP contribution is 2.53. The standard InChI is InChI=1S/C51H43NO2/c1-31-32(2)48-41(40-27-42-43(29-47(40)54-48)51(5,6)30-50(42,3)4)28-45(31)52(44-22-15-21-38-37-20-13-14-23-46(37)53-49(38)44)35-24-25-36(33-16-9-7-10-17-33)39(26-35)34-18-11-8-12-19-34/h7-29H,30H2,1-6H3. The molecule has 1 aliphatic carbocycles. The van der Waals surface area contributed by atoms with E-state index >= 15 is 0 Å². The Labute approximate surface area is 316 Å². The van der Waals surface area contributed by atoms with Gasteiger partial charge in [0.25, 0.3) is 0 Å². The summed E-state index contributed by atoms with van der Waals surface area (Å²) >= 11 is 0. The van der Waals surface area contributed by atoms with E-state index in [1.807, 2.05) is 6.07 Å². The molecule has 1 aliphatic rings. The van der Waals surface area contributed by atoms with Crippen LogP contribution in [0.4, 0.5) is 17.1 Å². The SMILES string of the molecule is Cc1c(N(c2ccc(-c3ccccc3)c(-c3ccccc3)c2)c2cccc3c2oc2ccccc23)cc2c(oc3cc4c(cc32)C(C)(C)CC4(C)C)c1C. The Morgan fingerprint density at radius 2 is 1.09 bits per heavy atom. The van der Waals surface area contributed by atoms with Crippen molar-refractivity contribution in [2.24, 2.45) is 0 Å². The molecule has 0 fully saturated rings. The number of para-hydroxylation sites is 2. The number of nitrogens with zero attached hydrogens (tertiary/aromatic N) is 1. The summed E-state index contributed by atoms with van der Waals surface area (Å²) in [5.41, 5.74) is 16.8. The predicted octanol–water partition coefficient (Wildman–Crippen LogP) is 14.9. The largest absolute Gasteiger partial charge is 0.456 e. The summed E-state index contributed by atoms with van der Waals surface area (Å²) < 4.78 is 13.6. The summed E-state index contributed by atoms with van der Waals surface area (Å²) in [4.78, 5) is 2.41. The molecule has 264 valence electrons. The second kappa shape index (κ2) is 11.7. The third-order valence-corrected chi connectivity index (χ3v) is 12.1. The highest BCUT2D eigenvalue weighted by atomic mass is 16.3. The van der Waals surface area contributed by atoms with Crippen LogP contribution in [0.2, 0.25) is 0 Å². The Morgan fingerprint density at radius 3 is 1.83 bits per heavy atom. The van der Waals surface area contributed by atoms with E-state index in [4.69, 9.17) is 8.83 Å². The molecule has 0 spiro atoms. The Morgan fingerprint density at radius 1 is 0.463 bits per heavy atom. The van der Waals surface area contributed by atoms with Crippen molar-refractivity contribution in [1.82, 2.24) is 0 Å². The highest BCUT2D eigenvalue weighted by molar-refractivity contribution is 6.12. The van der Waals surface area contributed by atoms with Gasteiger partial charge in [-0.3, -0.25) is 0 Å². The molecule has 0 amide bonds. The lowest BCUT2D eigenvalue weighted by Gasteiger charge is -2.29. The van der Waals surface area contributed by atoms with Crippen LogP contribution in [0.25, 0.3) is 66.1 Å². The van der Waals surface area contributed by atoms with E-state index in [1.165, 1.54) is 38.8 Å². The second-order valence-electron chi connectivity index (χ2n) is 16.5. The molecule has 3 heteroatoms. The molecular weight excluding hydrogens is 659 g/mol. The van der Waals surface area contributed by atoms with Crippen LogP contribution in [0.1, 0.15) is 56.4 Å². The third-order valence-electron chi connectivity index (χ3n) is 12.1. The maximum atomic E-state index is 6.81. The first kappa shape index (κ1) is 32.6. The monoisotopic (exact) mass is 701 g/mol. The van der Waals surface area contributed by atoms with Crippen LogP contribution in [-0.4, -0.2) is 0 Å². The molecule has 0 unspecified atom stereocenters. The first-order valence-corrected chi connectivity index (χ1v) is 19.1. The van der Waals surface area contributed by atoms with Gasteiger partial charge >= 0.3 is 0 Å². The maximum Gasteiger partial charge on any atom is 0.159 e. The number of aryl methyl sites for hydroxylation is 1. The zero-order valence-corrected chi connectivity index (χ0v) is 31.7. The van der Waals surface area contributed by atoms with E-state index in [-0.39, 0.29) is 10.8 Å². The van der Waals surface area contributed by atoms with Crippen LogP contribution >= 0.6 is 0 Å². The molecule has 0 radical (unpaired) electrons. The number of hydrogen-bond acceptors (Lipinski definition) is 3. The minimum atomic E-state index is 0.0799. The highest BCUT2D eigenvalue weighted by Gasteiger charge is 2.42. The van der Waals surface area contributed by atoms with Gasteiger partial charge in [-0.2, -0.15) is 0 Å². The van der Waals surface area contributed by atoms with Crippen LogP contribution in [0.15, 0.2) is 148 Å². The van der Waals surface area contributed by atoms with Crippen LogP contribution in [0.5, 0.6) is 0 Å². The molecule has 0 bridgehead atoms. The number of furan rings is 2. The van der Waals surface area contributed by atoms with Crippen molar-refractivity contribution in [3.05, 3.63) is 162 Å².